The average molecular weight is 300 g/mol. The summed E-state index contributed by atoms with van der Waals surface area (Å²) in [5.74, 6) is -0.696. The maximum absolute atomic E-state index is 11.5. The van der Waals surface area contributed by atoms with Crippen LogP contribution in [-0.2, 0) is 14.4 Å². The predicted octanol–water partition coefficient (Wildman–Crippen LogP) is 1.83. The molecule has 0 spiro atoms. The number of carboxylic acid groups (broad SMARTS) is 1. The molecule has 0 unspecified atom stereocenters. The molecule has 122 valence electrons. The summed E-state index contributed by atoms with van der Waals surface area (Å²) in [4.78, 5) is 32.4. The Bertz CT molecular complexity index is 319. The second kappa shape index (κ2) is 13.4. The molecule has 6 heteroatoms. The Hall–Kier alpha value is -1.59. The van der Waals surface area contributed by atoms with Crippen LogP contribution in [0.3, 0.4) is 0 Å². The zero-order valence-electron chi connectivity index (χ0n) is 13.0. The van der Waals surface area contributed by atoms with E-state index in [1.807, 2.05) is 0 Å². The molecule has 0 radical (unpaired) electrons. The normalized spacial score (nSPS) is 10.1. The molecule has 3 N–H and O–H groups in total. The fourth-order valence-corrected chi connectivity index (χ4v) is 1.92. The van der Waals surface area contributed by atoms with E-state index >= 15 is 0 Å². The Kier molecular flexibility index (Phi) is 12.4. The average Bonchev–Trinajstić information content (AvgIpc) is 2.41. The van der Waals surface area contributed by atoms with Crippen molar-refractivity contribution in [2.24, 2.45) is 0 Å². The monoisotopic (exact) mass is 300 g/mol. The molecular formula is C15H28N2O4. The molecule has 6 nitrogen and oxygen atoms in total. The molecule has 0 saturated carbocycles. The minimum atomic E-state index is -0.748. The summed E-state index contributed by atoms with van der Waals surface area (Å²) in [6, 6.07) is 0. The molecule has 0 aromatic rings. The third kappa shape index (κ3) is 16.4. The number of carbonyl (C=O) groups excluding carboxylic acids is 2. The fourth-order valence-electron chi connectivity index (χ4n) is 1.92. The highest BCUT2D eigenvalue weighted by atomic mass is 16.4. The molecule has 0 aliphatic carbocycles. The maximum atomic E-state index is 11.5. The largest absolute Gasteiger partial charge is 0.481 e. The van der Waals surface area contributed by atoms with E-state index in [-0.39, 0.29) is 18.2 Å². The summed E-state index contributed by atoms with van der Waals surface area (Å²) in [5.41, 5.74) is 0. The number of amides is 2. The van der Waals surface area contributed by atoms with Crippen molar-refractivity contribution >= 4 is 17.8 Å². The number of carboxylic acids is 1. The molecule has 0 heterocycles. The molecule has 0 atom stereocenters. The molecule has 0 bridgehead atoms. The number of hydrogen-bond acceptors (Lipinski definition) is 3. The Morgan fingerprint density at radius 2 is 1.29 bits per heavy atom. The van der Waals surface area contributed by atoms with E-state index in [0.29, 0.717) is 25.9 Å². The van der Waals surface area contributed by atoms with Gasteiger partial charge in [-0.2, -0.15) is 0 Å². The molecular weight excluding hydrogens is 272 g/mol. The summed E-state index contributed by atoms with van der Waals surface area (Å²) in [5, 5.41) is 14.1. The Morgan fingerprint density at radius 3 is 1.90 bits per heavy atom. The summed E-state index contributed by atoms with van der Waals surface area (Å²) in [6.45, 7) is 2.83. The van der Waals surface area contributed by atoms with Gasteiger partial charge < -0.3 is 15.7 Å². The first-order chi connectivity index (χ1) is 10.0. The van der Waals surface area contributed by atoms with Crippen molar-refractivity contribution in [3.63, 3.8) is 0 Å². The van der Waals surface area contributed by atoms with E-state index < -0.39 is 5.97 Å². The van der Waals surface area contributed by atoms with Crippen molar-refractivity contribution in [1.82, 2.24) is 10.6 Å². The molecule has 0 aliphatic rings. The number of hydrogen-bond donors (Lipinski definition) is 3. The number of rotatable bonds is 13. The van der Waals surface area contributed by atoms with Crippen molar-refractivity contribution in [1.29, 1.82) is 0 Å². The van der Waals surface area contributed by atoms with Crippen LogP contribution < -0.4 is 10.6 Å². The second-order valence-electron chi connectivity index (χ2n) is 5.20. The topological polar surface area (TPSA) is 95.5 Å². The van der Waals surface area contributed by atoms with Gasteiger partial charge in [0.2, 0.25) is 11.8 Å². The van der Waals surface area contributed by atoms with Crippen LogP contribution >= 0.6 is 0 Å². The highest BCUT2D eigenvalue weighted by Crippen LogP contribution is 2.03. The predicted molar refractivity (Wildman–Crippen MR) is 80.9 cm³/mol. The summed E-state index contributed by atoms with van der Waals surface area (Å²) in [6.07, 6.45) is 6.87. The van der Waals surface area contributed by atoms with Crippen LogP contribution in [0.25, 0.3) is 0 Å². The van der Waals surface area contributed by atoms with Crippen LogP contribution in [0.2, 0.25) is 0 Å². The smallest absolute Gasteiger partial charge is 0.303 e. The fraction of sp³-hybridized carbons (Fsp3) is 0.800. The number of carbonyl (C=O) groups is 3. The summed E-state index contributed by atoms with van der Waals surface area (Å²) < 4.78 is 0. The quantitative estimate of drug-likeness (QED) is 0.452. The first-order valence-corrected chi connectivity index (χ1v) is 7.75. The minimum Gasteiger partial charge on any atom is -0.481 e. The molecule has 0 rings (SSSR count). The van der Waals surface area contributed by atoms with Gasteiger partial charge in [0, 0.05) is 32.9 Å². The van der Waals surface area contributed by atoms with Gasteiger partial charge in [-0.15, -0.1) is 0 Å². The van der Waals surface area contributed by atoms with Crippen LogP contribution in [0.5, 0.6) is 0 Å². The van der Waals surface area contributed by atoms with E-state index in [0.717, 1.165) is 38.5 Å². The van der Waals surface area contributed by atoms with E-state index in [1.54, 1.807) is 0 Å². The van der Waals surface area contributed by atoms with Gasteiger partial charge >= 0.3 is 5.97 Å². The van der Waals surface area contributed by atoms with Crippen LogP contribution in [0, 0.1) is 0 Å². The van der Waals surface area contributed by atoms with Gasteiger partial charge in [0.25, 0.3) is 0 Å². The molecule has 0 saturated heterocycles. The number of nitrogens with one attached hydrogen (secondary N) is 2. The van der Waals surface area contributed by atoms with Gasteiger partial charge in [0.1, 0.15) is 0 Å². The zero-order valence-corrected chi connectivity index (χ0v) is 13.0. The van der Waals surface area contributed by atoms with Crippen LogP contribution in [-0.4, -0.2) is 36.0 Å². The number of aliphatic carboxylic acids is 1. The molecule has 0 aliphatic heterocycles. The Morgan fingerprint density at radius 1 is 0.762 bits per heavy atom. The van der Waals surface area contributed by atoms with Gasteiger partial charge in [-0.25, -0.2) is 0 Å². The third-order valence-electron chi connectivity index (χ3n) is 3.09. The van der Waals surface area contributed by atoms with Crippen molar-refractivity contribution < 1.29 is 19.5 Å². The Balaban J connectivity index is 3.23. The van der Waals surface area contributed by atoms with Gasteiger partial charge in [0.15, 0.2) is 0 Å². The molecule has 2 amide bonds. The molecule has 0 aromatic carbocycles. The van der Waals surface area contributed by atoms with Crippen LogP contribution in [0.1, 0.15) is 64.7 Å². The first-order valence-electron chi connectivity index (χ1n) is 7.75. The van der Waals surface area contributed by atoms with Gasteiger partial charge in [-0.05, 0) is 25.7 Å². The highest BCUT2D eigenvalue weighted by molar-refractivity contribution is 5.75. The van der Waals surface area contributed by atoms with Crippen molar-refractivity contribution in [3.05, 3.63) is 0 Å². The highest BCUT2D eigenvalue weighted by Gasteiger charge is 2.01. The van der Waals surface area contributed by atoms with Crippen molar-refractivity contribution in [2.75, 3.05) is 13.1 Å². The standard InChI is InChI=1S/C15H28N2O4/c1-13(18)16-11-8-4-5-9-14(19)17-12-7-3-2-6-10-15(20)21/h2-12H2,1H3,(H,16,18)(H,17,19)(H,20,21). The second-order valence-corrected chi connectivity index (χ2v) is 5.20. The molecule has 0 aromatic heterocycles. The summed E-state index contributed by atoms with van der Waals surface area (Å²) >= 11 is 0. The lowest BCUT2D eigenvalue weighted by Gasteiger charge is -2.05. The van der Waals surface area contributed by atoms with Gasteiger partial charge in [-0.1, -0.05) is 19.3 Å². The van der Waals surface area contributed by atoms with E-state index in [4.69, 9.17) is 5.11 Å². The van der Waals surface area contributed by atoms with E-state index in [2.05, 4.69) is 10.6 Å². The maximum Gasteiger partial charge on any atom is 0.303 e. The van der Waals surface area contributed by atoms with Gasteiger partial charge in [0.05, 0.1) is 0 Å². The van der Waals surface area contributed by atoms with E-state index in [9.17, 15) is 14.4 Å². The summed E-state index contributed by atoms with van der Waals surface area (Å²) in [7, 11) is 0. The Labute approximate surface area is 126 Å². The lowest BCUT2D eigenvalue weighted by molar-refractivity contribution is -0.137. The molecule has 21 heavy (non-hydrogen) atoms. The third-order valence-corrected chi connectivity index (χ3v) is 3.09. The van der Waals surface area contributed by atoms with Crippen LogP contribution in [0.15, 0.2) is 0 Å². The SMILES string of the molecule is CC(=O)NCCCCCC(=O)NCCCCCCC(=O)O. The van der Waals surface area contributed by atoms with Crippen molar-refractivity contribution in [2.45, 2.75) is 64.7 Å². The van der Waals surface area contributed by atoms with Crippen molar-refractivity contribution in [3.8, 4) is 0 Å². The lowest BCUT2D eigenvalue weighted by atomic mass is 10.1. The zero-order chi connectivity index (χ0) is 15.9. The lowest BCUT2D eigenvalue weighted by Crippen LogP contribution is -2.24. The van der Waals surface area contributed by atoms with Gasteiger partial charge in [-0.3, -0.25) is 14.4 Å². The number of unbranched alkanes of at least 4 members (excludes halogenated alkanes) is 5. The van der Waals surface area contributed by atoms with E-state index in [1.165, 1.54) is 6.92 Å². The minimum absolute atomic E-state index is 0.0175. The van der Waals surface area contributed by atoms with Crippen LogP contribution in [0.4, 0.5) is 0 Å². The molecule has 0 fully saturated rings. The first kappa shape index (κ1) is 19.4.